The van der Waals surface area contributed by atoms with Gasteiger partial charge in [0.25, 0.3) is 0 Å². The zero-order valence-corrected chi connectivity index (χ0v) is 12.8. The van der Waals surface area contributed by atoms with Crippen molar-refractivity contribution in [1.29, 1.82) is 0 Å². The topological polar surface area (TPSA) is 41.5 Å². The van der Waals surface area contributed by atoms with Gasteiger partial charge in [-0.2, -0.15) is 0 Å². The Hall–Kier alpha value is -1.07. The predicted octanol–water partition coefficient (Wildman–Crippen LogP) is 3.49. The zero-order valence-electron chi connectivity index (χ0n) is 11.3. The summed E-state index contributed by atoms with van der Waals surface area (Å²) >= 11 is 7.68. The number of hydrogen-bond donors (Lipinski definition) is 2. The largest absolute Gasteiger partial charge is 0.489 e. The van der Waals surface area contributed by atoms with Crippen LogP contribution in [0.25, 0.3) is 0 Å². The number of thiophene rings is 1. The van der Waals surface area contributed by atoms with Gasteiger partial charge in [0.15, 0.2) is 0 Å². The minimum atomic E-state index is -0.575. The molecule has 0 aliphatic carbocycles. The highest BCUT2D eigenvalue weighted by Gasteiger charge is 2.10. The maximum absolute atomic E-state index is 9.92. The lowest BCUT2D eigenvalue weighted by atomic mass is 10.2. The molecule has 3 nitrogen and oxygen atoms in total. The molecule has 2 N–H and O–H groups in total. The fraction of sp³-hybridized carbons (Fsp3) is 0.333. The fourth-order valence-electron chi connectivity index (χ4n) is 1.76. The molecule has 1 unspecified atom stereocenters. The number of aliphatic hydroxyl groups is 1. The van der Waals surface area contributed by atoms with E-state index in [0.29, 0.717) is 17.3 Å². The standard InChI is InChI=1S/C15H18ClNO2S/c1-11(15-7-4-8-20-15)17-9-12(18)10-19-14-6-3-2-5-13(14)16/h2-8,11-12,17-18H,9-10H2,1H3/t11-,12?/m1/s1. The third kappa shape index (κ3) is 4.49. The normalized spacial score (nSPS) is 13.9. The molecule has 0 amide bonds. The first-order chi connectivity index (χ1) is 9.66. The Bertz CT molecular complexity index is 518. The minimum absolute atomic E-state index is 0.216. The predicted molar refractivity (Wildman–Crippen MR) is 83.7 cm³/mol. The molecule has 2 rings (SSSR count). The molecule has 1 aromatic carbocycles. The highest BCUT2D eigenvalue weighted by atomic mass is 35.5. The van der Waals surface area contributed by atoms with E-state index in [1.165, 1.54) is 4.88 Å². The van der Waals surface area contributed by atoms with Crippen molar-refractivity contribution in [2.75, 3.05) is 13.2 Å². The molecule has 20 heavy (non-hydrogen) atoms. The molecule has 1 heterocycles. The minimum Gasteiger partial charge on any atom is -0.489 e. The Kier molecular flexibility index (Phi) is 5.86. The molecule has 0 aliphatic heterocycles. The highest BCUT2D eigenvalue weighted by molar-refractivity contribution is 7.10. The van der Waals surface area contributed by atoms with Crippen molar-refractivity contribution in [3.05, 3.63) is 51.7 Å². The number of ether oxygens (including phenoxy) is 1. The van der Waals surface area contributed by atoms with Crippen molar-refractivity contribution in [3.63, 3.8) is 0 Å². The van der Waals surface area contributed by atoms with Crippen LogP contribution >= 0.6 is 22.9 Å². The first-order valence-corrected chi connectivity index (χ1v) is 7.74. The molecular weight excluding hydrogens is 294 g/mol. The summed E-state index contributed by atoms with van der Waals surface area (Å²) in [6, 6.07) is 11.6. The van der Waals surface area contributed by atoms with E-state index >= 15 is 0 Å². The first kappa shape index (κ1) is 15.3. The van der Waals surface area contributed by atoms with E-state index in [9.17, 15) is 5.11 Å². The summed E-state index contributed by atoms with van der Waals surface area (Å²) in [4.78, 5) is 1.25. The van der Waals surface area contributed by atoms with Crippen LogP contribution < -0.4 is 10.1 Å². The van der Waals surface area contributed by atoms with Gasteiger partial charge in [0.1, 0.15) is 18.5 Å². The van der Waals surface area contributed by atoms with Crippen molar-refractivity contribution < 1.29 is 9.84 Å². The van der Waals surface area contributed by atoms with Crippen LogP contribution in [0.15, 0.2) is 41.8 Å². The van der Waals surface area contributed by atoms with Crippen LogP contribution in [0.3, 0.4) is 0 Å². The Balaban J connectivity index is 1.73. The van der Waals surface area contributed by atoms with E-state index in [0.717, 1.165) is 0 Å². The summed E-state index contributed by atoms with van der Waals surface area (Å²) in [6.45, 7) is 2.77. The average molecular weight is 312 g/mol. The highest BCUT2D eigenvalue weighted by Crippen LogP contribution is 2.23. The Morgan fingerprint density at radius 3 is 2.80 bits per heavy atom. The van der Waals surface area contributed by atoms with Gasteiger partial charge in [0.2, 0.25) is 0 Å². The van der Waals surface area contributed by atoms with Crippen molar-refractivity contribution in [1.82, 2.24) is 5.32 Å². The smallest absolute Gasteiger partial charge is 0.138 e. The van der Waals surface area contributed by atoms with Gasteiger partial charge in [0, 0.05) is 17.5 Å². The molecule has 2 atom stereocenters. The van der Waals surface area contributed by atoms with E-state index in [2.05, 4.69) is 18.3 Å². The lowest BCUT2D eigenvalue weighted by Gasteiger charge is -2.17. The summed E-state index contributed by atoms with van der Waals surface area (Å²) < 4.78 is 5.50. The third-order valence-corrected chi connectivity index (χ3v) is 4.26. The molecule has 108 valence electrons. The molecule has 0 spiro atoms. The summed E-state index contributed by atoms with van der Waals surface area (Å²) in [7, 11) is 0. The number of benzene rings is 1. The lowest BCUT2D eigenvalue weighted by Crippen LogP contribution is -2.32. The van der Waals surface area contributed by atoms with Gasteiger partial charge in [-0.15, -0.1) is 11.3 Å². The first-order valence-electron chi connectivity index (χ1n) is 6.49. The van der Waals surface area contributed by atoms with E-state index < -0.39 is 6.10 Å². The van der Waals surface area contributed by atoms with E-state index in [1.54, 1.807) is 23.5 Å². The van der Waals surface area contributed by atoms with Gasteiger partial charge in [-0.1, -0.05) is 29.8 Å². The van der Waals surface area contributed by atoms with Gasteiger partial charge < -0.3 is 15.2 Å². The quantitative estimate of drug-likeness (QED) is 0.822. The number of hydrogen-bond acceptors (Lipinski definition) is 4. The summed E-state index contributed by atoms with van der Waals surface area (Å²) in [6.07, 6.45) is -0.575. The maximum atomic E-state index is 9.92. The molecule has 5 heteroatoms. The van der Waals surface area contributed by atoms with Crippen LogP contribution in [0.2, 0.25) is 5.02 Å². The maximum Gasteiger partial charge on any atom is 0.138 e. The van der Waals surface area contributed by atoms with Crippen LogP contribution in [0.5, 0.6) is 5.75 Å². The van der Waals surface area contributed by atoms with Crippen molar-refractivity contribution >= 4 is 22.9 Å². The van der Waals surface area contributed by atoms with E-state index in [4.69, 9.17) is 16.3 Å². The number of aliphatic hydroxyl groups excluding tert-OH is 1. The second kappa shape index (κ2) is 7.64. The van der Waals surface area contributed by atoms with Crippen molar-refractivity contribution in [2.45, 2.75) is 19.1 Å². The van der Waals surface area contributed by atoms with Crippen LogP contribution in [-0.2, 0) is 0 Å². The molecule has 0 saturated carbocycles. The van der Waals surface area contributed by atoms with Crippen LogP contribution in [0.4, 0.5) is 0 Å². The zero-order chi connectivity index (χ0) is 14.4. The molecule has 0 saturated heterocycles. The second-order valence-corrected chi connectivity index (χ2v) is 5.93. The molecule has 1 aromatic heterocycles. The molecule has 0 fully saturated rings. The molecule has 2 aromatic rings. The van der Waals surface area contributed by atoms with Gasteiger partial charge in [-0.25, -0.2) is 0 Å². The molecule has 0 bridgehead atoms. The number of halogens is 1. The Morgan fingerprint density at radius 1 is 1.30 bits per heavy atom. The summed E-state index contributed by atoms with van der Waals surface area (Å²) in [5, 5.41) is 15.8. The van der Waals surface area contributed by atoms with Crippen LogP contribution in [0.1, 0.15) is 17.8 Å². The Morgan fingerprint density at radius 2 is 2.10 bits per heavy atom. The second-order valence-electron chi connectivity index (χ2n) is 4.54. The van der Waals surface area contributed by atoms with E-state index in [-0.39, 0.29) is 12.6 Å². The van der Waals surface area contributed by atoms with Gasteiger partial charge in [-0.3, -0.25) is 0 Å². The number of nitrogens with one attached hydrogen (secondary N) is 1. The van der Waals surface area contributed by atoms with Gasteiger partial charge >= 0.3 is 0 Å². The monoisotopic (exact) mass is 311 g/mol. The molecular formula is C15H18ClNO2S. The van der Waals surface area contributed by atoms with Crippen molar-refractivity contribution in [3.8, 4) is 5.75 Å². The number of para-hydroxylation sites is 1. The summed E-state index contributed by atoms with van der Waals surface area (Å²) in [5.41, 5.74) is 0. The fourth-order valence-corrected chi connectivity index (χ4v) is 2.71. The van der Waals surface area contributed by atoms with E-state index in [1.807, 2.05) is 23.6 Å². The van der Waals surface area contributed by atoms with Gasteiger partial charge in [-0.05, 0) is 30.5 Å². The van der Waals surface area contributed by atoms with Gasteiger partial charge in [0.05, 0.1) is 5.02 Å². The Labute approximate surface area is 128 Å². The van der Waals surface area contributed by atoms with Crippen LogP contribution in [0, 0.1) is 0 Å². The van der Waals surface area contributed by atoms with Crippen molar-refractivity contribution in [2.24, 2.45) is 0 Å². The van der Waals surface area contributed by atoms with Crippen LogP contribution in [-0.4, -0.2) is 24.4 Å². The lowest BCUT2D eigenvalue weighted by molar-refractivity contribution is 0.104. The number of rotatable bonds is 7. The average Bonchev–Trinajstić information content (AvgIpc) is 2.98. The summed E-state index contributed by atoms with van der Waals surface area (Å²) in [5.74, 6) is 0.597. The molecule has 0 aliphatic rings. The molecule has 0 radical (unpaired) electrons. The SMILES string of the molecule is C[C@@H](NCC(O)COc1ccccc1Cl)c1cccs1. The third-order valence-electron chi connectivity index (χ3n) is 2.90.